The van der Waals surface area contributed by atoms with Crippen LogP contribution in [0.25, 0.3) is 0 Å². The van der Waals surface area contributed by atoms with Gasteiger partial charge in [-0.25, -0.2) is 0 Å². The van der Waals surface area contributed by atoms with Crippen LogP contribution in [0.15, 0.2) is 54.7 Å². The van der Waals surface area contributed by atoms with Gasteiger partial charge in [0.1, 0.15) is 0 Å². The van der Waals surface area contributed by atoms with Gasteiger partial charge in [-0.15, -0.1) is 0 Å². The summed E-state index contributed by atoms with van der Waals surface area (Å²) in [6.45, 7) is 1.42. The predicted octanol–water partition coefficient (Wildman–Crippen LogP) is 1.11. The lowest BCUT2D eigenvalue weighted by Crippen LogP contribution is -2.41. The monoisotopic (exact) mass is 368 g/mol. The van der Waals surface area contributed by atoms with E-state index in [0.717, 1.165) is 11.3 Å². The Balaban J connectivity index is 1.97. The Hall–Kier alpha value is -3.22. The minimum absolute atomic E-state index is 0.0558. The van der Waals surface area contributed by atoms with Crippen LogP contribution in [0.3, 0.4) is 0 Å². The summed E-state index contributed by atoms with van der Waals surface area (Å²) < 4.78 is 0. The van der Waals surface area contributed by atoms with Crippen LogP contribution in [0, 0.1) is 5.92 Å². The second kappa shape index (κ2) is 10.1. The third kappa shape index (κ3) is 6.89. The number of amides is 3. The van der Waals surface area contributed by atoms with E-state index >= 15 is 0 Å². The van der Waals surface area contributed by atoms with Gasteiger partial charge >= 0.3 is 0 Å². The summed E-state index contributed by atoms with van der Waals surface area (Å²) >= 11 is 0. The Bertz CT molecular complexity index is 765. The molecule has 2 unspecified atom stereocenters. The van der Waals surface area contributed by atoms with Crippen molar-refractivity contribution >= 4 is 17.7 Å². The lowest BCUT2D eigenvalue weighted by atomic mass is 10.0. The summed E-state index contributed by atoms with van der Waals surface area (Å²) in [6, 6.07) is 14.9. The van der Waals surface area contributed by atoms with Crippen LogP contribution in [0.2, 0.25) is 0 Å². The summed E-state index contributed by atoms with van der Waals surface area (Å²) in [7, 11) is 0. The number of carbonyl (C=O) groups is 3. The van der Waals surface area contributed by atoms with Gasteiger partial charge in [0.05, 0.1) is 12.6 Å². The van der Waals surface area contributed by atoms with Crippen LogP contribution in [-0.4, -0.2) is 29.3 Å². The first kappa shape index (κ1) is 20.1. The molecule has 0 saturated heterocycles. The smallest absolute Gasteiger partial charge is 0.239 e. The molecule has 0 aliphatic heterocycles. The van der Waals surface area contributed by atoms with Crippen LogP contribution >= 0.6 is 0 Å². The Morgan fingerprint density at radius 2 is 1.78 bits per heavy atom. The van der Waals surface area contributed by atoms with Gasteiger partial charge in [-0.05, 0) is 17.7 Å². The van der Waals surface area contributed by atoms with Gasteiger partial charge < -0.3 is 16.4 Å². The maximum atomic E-state index is 12.3. The fourth-order valence-corrected chi connectivity index (χ4v) is 2.65. The fraction of sp³-hybridized carbons (Fsp3) is 0.300. The van der Waals surface area contributed by atoms with Gasteiger partial charge in [0.2, 0.25) is 17.7 Å². The van der Waals surface area contributed by atoms with Crippen molar-refractivity contribution in [3.05, 3.63) is 66.0 Å². The quantitative estimate of drug-likeness (QED) is 0.615. The first-order valence-electron chi connectivity index (χ1n) is 8.76. The molecule has 3 amide bonds. The van der Waals surface area contributed by atoms with Crippen LogP contribution in [0.4, 0.5) is 0 Å². The Morgan fingerprint density at radius 3 is 2.41 bits per heavy atom. The topological polar surface area (TPSA) is 114 Å². The highest BCUT2D eigenvalue weighted by Gasteiger charge is 2.19. The van der Waals surface area contributed by atoms with Crippen molar-refractivity contribution in [3.63, 3.8) is 0 Å². The molecule has 0 bridgehead atoms. The van der Waals surface area contributed by atoms with Crippen molar-refractivity contribution in [2.24, 2.45) is 11.7 Å². The lowest BCUT2D eigenvalue weighted by molar-refractivity contribution is -0.130. The molecule has 4 N–H and O–H groups in total. The fourth-order valence-electron chi connectivity index (χ4n) is 2.65. The molecule has 2 aromatic rings. The van der Waals surface area contributed by atoms with Gasteiger partial charge in [0.15, 0.2) is 0 Å². The van der Waals surface area contributed by atoms with Crippen LogP contribution in [0.5, 0.6) is 0 Å². The molecule has 0 aliphatic rings. The predicted molar refractivity (Wildman–Crippen MR) is 101 cm³/mol. The summed E-state index contributed by atoms with van der Waals surface area (Å²) in [5, 5.41) is 5.47. The van der Waals surface area contributed by atoms with Crippen LogP contribution in [0.1, 0.15) is 30.6 Å². The number of primary amides is 1. The summed E-state index contributed by atoms with van der Waals surface area (Å²) in [5.74, 6) is -1.83. The number of hydrogen-bond donors (Lipinski definition) is 3. The third-order valence-electron chi connectivity index (χ3n) is 4.05. The molecule has 1 heterocycles. The number of carbonyl (C=O) groups excluding carboxylic acids is 3. The van der Waals surface area contributed by atoms with Gasteiger partial charge in [-0.2, -0.15) is 0 Å². The highest BCUT2D eigenvalue weighted by atomic mass is 16.2. The second-order valence-corrected chi connectivity index (χ2v) is 6.35. The molecule has 0 saturated carbocycles. The molecular weight excluding hydrogens is 344 g/mol. The van der Waals surface area contributed by atoms with E-state index in [1.54, 1.807) is 13.1 Å². The Labute approximate surface area is 158 Å². The largest absolute Gasteiger partial charge is 0.370 e. The Kier molecular flexibility index (Phi) is 7.49. The molecule has 27 heavy (non-hydrogen) atoms. The van der Waals surface area contributed by atoms with Crippen LogP contribution in [-0.2, 0) is 20.8 Å². The first-order chi connectivity index (χ1) is 13.0. The minimum atomic E-state index is -0.575. The number of nitrogens with two attached hydrogens (primary N) is 1. The maximum absolute atomic E-state index is 12.3. The van der Waals surface area contributed by atoms with Gasteiger partial charge in [-0.1, -0.05) is 43.3 Å². The zero-order valence-electron chi connectivity index (χ0n) is 15.2. The molecule has 1 aromatic carbocycles. The number of aromatic nitrogens is 1. The molecule has 0 radical (unpaired) electrons. The summed E-state index contributed by atoms with van der Waals surface area (Å²) in [4.78, 5) is 39.4. The van der Waals surface area contributed by atoms with Crippen molar-refractivity contribution in [1.29, 1.82) is 0 Å². The molecule has 0 spiro atoms. The molecule has 2 rings (SSSR count). The Morgan fingerprint density at radius 1 is 1.07 bits per heavy atom. The van der Waals surface area contributed by atoms with Crippen molar-refractivity contribution < 1.29 is 14.4 Å². The number of pyridine rings is 1. The second-order valence-electron chi connectivity index (χ2n) is 6.35. The average Bonchev–Trinajstić information content (AvgIpc) is 2.66. The van der Waals surface area contributed by atoms with Gasteiger partial charge in [0.25, 0.3) is 0 Å². The molecule has 2 atom stereocenters. The molecule has 0 aliphatic carbocycles. The highest BCUT2D eigenvalue weighted by molar-refractivity contribution is 5.88. The number of rotatable bonds is 9. The van der Waals surface area contributed by atoms with E-state index in [9.17, 15) is 14.4 Å². The van der Waals surface area contributed by atoms with Gasteiger partial charge in [0, 0.05) is 30.7 Å². The van der Waals surface area contributed by atoms with Gasteiger partial charge in [-0.3, -0.25) is 19.4 Å². The zero-order valence-corrected chi connectivity index (χ0v) is 15.2. The number of nitrogens with zero attached hydrogens (tertiary/aromatic N) is 1. The maximum Gasteiger partial charge on any atom is 0.239 e. The van der Waals surface area contributed by atoms with E-state index < -0.39 is 11.8 Å². The minimum Gasteiger partial charge on any atom is -0.370 e. The standard InChI is InChI=1S/C20H24N4O3/c1-14(11-18(21)25)20(27)23-13-19(26)24-17(15-7-3-2-4-8-15)12-16-9-5-6-10-22-16/h2-10,14,17H,11-13H2,1H3,(H2,21,25)(H,23,27)(H,24,26). The number of hydrogen-bond acceptors (Lipinski definition) is 4. The van der Waals surface area contributed by atoms with Crippen molar-refractivity contribution in [1.82, 2.24) is 15.6 Å². The molecular formula is C20H24N4O3. The third-order valence-corrected chi connectivity index (χ3v) is 4.05. The highest BCUT2D eigenvalue weighted by Crippen LogP contribution is 2.17. The van der Waals surface area contributed by atoms with E-state index in [4.69, 9.17) is 5.73 Å². The number of benzene rings is 1. The number of nitrogens with one attached hydrogen (secondary N) is 2. The van der Waals surface area contributed by atoms with E-state index in [0.29, 0.717) is 6.42 Å². The lowest BCUT2D eigenvalue weighted by Gasteiger charge is -2.19. The molecule has 7 nitrogen and oxygen atoms in total. The summed E-state index contributed by atoms with van der Waals surface area (Å²) in [5.41, 5.74) is 6.89. The molecule has 7 heteroatoms. The van der Waals surface area contributed by atoms with E-state index in [-0.39, 0.29) is 30.8 Å². The average molecular weight is 368 g/mol. The van der Waals surface area contributed by atoms with E-state index in [1.807, 2.05) is 48.5 Å². The normalized spacial score (nSPS) is 12.6. The SMILES string of the molecule is CC(CC(N)=O)C(=O)NCC(=O)NC(Cc1ccccn1)c1ccccc1. The molecule has 1 aromatic heterocycles. The van der Waals surface area contributed by atoms with E-state index in [1.165, 1.54) is 0 Å². The van der Waals surface area contributed by atoms with Crippen molar-refractivity contribution in [2.75, 3.05) is 6.54 Å². The van der Waals surface area contributed by atoms with Crippen molar-refractivity contribution in [3.8, 4) is 0 Å². The van der Waals surface area contributed by atoms with E-state index in [2.05, 4.69) is 15.6 Å². The zero-order chi connectivity index (χ0) is 19.6. The van der Waals surface area contributed by atoms with Crippen LogP contribution < -0.4 is 16.4 Å². The molecule has 0 fully saturated rings. The first-order valence-corrected chi connectivity index (χ1v) is 8.76. The van der Waals surface area contributed by atoms with Crippen molar-refractivity contribution in [2.45, 2.75) is 25.8 Å². The molecule has 142 valence electrons. The summed E-state index contributed by atoms with van der Waals surface area (Å²) in [6.07, 6.45) is 2.18.